The van der Waals surface area contributed by atoms with Gasteiger partial charge in [0.15, 0.2) is 0 Å². The molecule has 0 heterocycles. The molecule has 4 heteroatoms. The van der Waals surface area contributed by atoms with Crippen LogP contribution in [0.4, 0.5) is 0 Å². The van der Waals surface area contributed by atoms with E-state index in [0.29, 0.717) is 6.04 Å². The Labute approximate surface area is 187 Å². The summed E-state index contributed by atoms with van der Waals surface area (Å²) >= 11 is 7.14. The first kappa shape index (κ1) is 23.1. The fourth-order valence-corrected chi connectivity index (χ4v) is 4.54. The molecular weight excluding hydrogens is 476 g/mol. The highest BCUT2D eigenvalue weighted by Gasteiger charge is 2.36. The number of halogens is 2. The van der Waals surface area contributed by atoms with E-state index in [1.54, 1.807) is 0 Å². The maximum absolute atomic E-state index is 10.2. The highest BCUT2D eigenvalue weighted by atomic mass is 79.9. The topological polar surface area (TPSA) is 27.0 Å². The third kappa shape index (κ3) is 5.26. The van der Waals surface area contributed by atoms with Gasteiger partial charge < -0.3 is 0 Å². The average Bonchev–Trinajstić information content (AvgIpc) is 2.70. The van der Waals surface area contributed by atoms with Gasteiger partial charge in [-0.25, -0.2) is 0 Å². The van der Waals surface area contributed by atoms with Gasteiger partial charge in [-0.15, -0.1) is 0 Å². The minimum atomic E-state index is -0.474. The van der Waals surface area contributed by atoms with Gasteiger partial charge in [-0.2, -0.15) is 5.26 Å². The van der Waals surface area contributed by atoms with Crippen LogP contribution < -0.4 is 0 Å². The zero-order chi connectivity index (χ0) is 20.7. The highest BCUT2D eigenvalue weighted by Crippen LogP contribution is 2.39. The maximum Gasteiger partial charge on any atom is 0.0846 e. The number of nitriles is 1. The Morgan fingerprint density at radius 1 is 1.04 bits per heavy atom. The van der Waals surface area contributed by atoms with E-state index >= 15 is 0 Å². The van der Waals surface area contributed by atoms with Crippen LogP contribution in [0.3, 0.4) is 0 Å². The second kappa shape index (κ2) is 10.6. The lowest BCUT2D eigenvalue weighted by Crippen LogP contribution is -2.33. The zero-order valence-corrected chi connectivity index (χ0v) is 20.4. The van der Waals surface area contributed by atoms with Gasteiger partial charge in [0.25, 0.3) is 0 Å². The summed E-state index contributed by atoms with van der Waals surface area (Å²) in [6.45, 7) is 10.8. The lowest BCUT2D eigenvalue weighted by molar-refractivity contribution is 0.207. The normalized spacial score (nSPS) is 14.7. The smallest absolute Gasteiger partial charge is 0.0846 e. The predicted octanol–water partition coefficient (Wildman–Crippen LogP) is 7.49. The van der Waals surface area contributed by atoms with E-state index < -0.39 is 5.41 Å². The third-order valence-corrected chi connectivity index (χ3v) is 7.75. The van der Waals surface area contributed by atoms with Gasteiger partial charge in [-0.05, 0) is 93.9 Å². The minimum Gasteiger partial charge on any atom is -0.297 e. The number of benzene rings is 2. The van der Waals surface area contributed by atoms with Crippen LogP contribution >= 0.6 is 31.9 Å². The van der Waals surface area contributed by atoms with Crippen molar-refractivity contribution in [3.05, 3.63) is 68.6 Å². The molecule has 0 aromatic heterocycles. The van der Waals surface area contributed by atoms with Crippen molar-refractivity contribution < 1.29 is 0 Å². The summed E-state index contributed by atoms with van der Waals surface area (Å²) in [5.41, 5.74) is 1.97. The first-order valence-electron chi connectivity index (χ1n) is 10.0. The second-order valence-corrected chi connectivity index (χ2v) is 9.39. The monoisotopic (exact) mass is 504 g/mol. The van der Waals surface area contributed by atoms with Crippen LogP contribution in [0.25, 0.3) is 0 Å². The van der Waals surface area contributed by atoms with Crippen LogP contribution in [0.2, 0.25) is 0 Å². The van der Waals surface area contributed by atoms with Crippen LogP contribution in [0.5, 0.6) is 0 Å². The van der Waals surface area contributed by atoms with E-state index in [1.807, 2.05) is 6.07 Å². The summed E-state index contributed by atoms with van der Waals surface area (Å²) in [5, 5.41) is 10.2. The van der Waals surface area contributed by atoms with E-state index in [-0.39, 0.29) is 5.92 Å². The molecule has 0 radical (unpaired) electrons. The second-order valence-electron chi connectivity index (χ2n) is 7.69. The maximum atomic E-state index is 10.2. The van der Waals surface area contributed by atoms with E-state index in [2.05, 4.69) is 113 Å². The lowest BCUT2D eigenvalue weighted by atomic mass is 9.70. The first-order valence-corrected chi connectivity index (χ1v) is 11.6. The van der Waals surface area contributed by atoms with Gasteiger partial charge in [0.05, 0.1) is 11.5 Å². The predicted molar refractivity (Wildman–Crippen MR) is 125 cm³/mol. The van der Waals surface area contributed by atoms with Crippen LogP contribution in [0.15, 0.2) is 57.5 Å². The van der Waals surface area contributed by atoms with Crippen molar-refractivity contribution in [2.75, 3.05) is 13.1 Å². The summed E-state index contributed by atoms with van der Waals surface area (Å²) in [6.07, 6.45) is 1.84. The lowest BCUT2D eigenvalue weighted by Gasteiger charge is -2.34. The van der Waals surface area contributed by atoms with Gasteiger partial charge in [0.1, 0.15) is 0 Å². The molecule has 2 unspecified atom stereocenters. The average molecular weight is 506 g/mol. The third-order valence-electron chi connectivity index (χ3n) is 5.87. The number of rotatable bonds is 9. The molecule has 2 nitrogen and oxygen atoms in total. The molecule has 0 bridgehead atoms. The Hall–Kier alpha value is -1.15. The number of hydrogen-bond donors (Lipinski definition) is 0. The van der Waals surface area contributed by atoms with E-state index in [4.69, 9.17) is 0 Å². The van der Waals surface area contributed by atoms with Gasteiger partial charge in [-0.1, -0.05) is 57.2 Å². The van der Waals surface area contributed by atoms with Crippen molar-refractivity contribution in [1.82, 2.24) is 4.90 Å². The van der Waals surface area contributed by atoms with Crippen molar-refractivity contribution in [1.29, 1.82) is 5.26 Å². The van der Waals surface area contributed by atoms with Crippen molar-refractivity contribution >= 4 is 31.9 Å². The molecule has 28 heavy (non-hydrogen) atoms. The standard InChI is InChI=1S/C24H30Br2N2/c1-5-28(19(4)20-10-7-6-8-11-20)15-9-14-24(17-27,18(2)3)21-12-13-22(25)23(26)16-21/h6-8,10-13,16,18-19H,5,9,14-15H2,1-4H3. The van der Waals surface area contributed by atoms with Gasteiger partial charge >= 0.3 is 0 Å². The fraction of sp³-hybridized carbons (Fsp3) is 0.458. The van der Waals surface area contributed by atoms with E-state index in [1.165, 1.54) is 5.56 Å². The van der Waals surface area contributed by atoms with Gasteiger partial charge in [0.2, 0.25) is 0 Å². The molecule has 0 spiro atoms. The fourth-order valence-electron chi connectivity index (χ4n) is 3.92. The van der Waals surface area contributed by atoms with Crippen LogP contribution in [-0.4, -0.2) is 18.0 Å². The molecule has 2 rings (SSSR count). The van der Waals surface area contributed by atoms with E-state index in [9.17, 15) is 5.26 Å². The molecule has 0 aliphatic carbocycles. The molecule has 0 amide bonds. The van der Waals surface area contributed by atoms with Crippen molar-refractivity contribution in [2.24, 2.45) is 5.92 Å². The molecule has 2 aromatic carbocycles. The molecule has 0 fully saturated rings. The SMILES string of the molecule is CCN(CCCC(C#N)(c1ccc(Br)c(Br)c1)C(C)C)C(C)c1ccccc1. The highest BCUT2D eigenvalue weighted by molar-refractivity contribution is 9.13. The zero-order valence-electron chi connectivity index (χ0n) is 17.3. The molecule has 0 aliphatic heterocycles. The Balaban J connectivity index is 2.15. The molecule has 0 aliphatic rings. The molecular formula is C24H30Br2N2. The van der Waals surface area contributed by atoms with Crippen molar-refractivity contribution in [2.45, 2.75) is 52.0 Å². The molecule has 2 aromatic rings. The first-order chi connectivity index (χ1) is 13.4. The summed E-state index contributed by atoms with van der Waals surface area (Å²) in [5.74, 6) is 0.243. The van der Waals surface area contributed by atoms with Crippen LogP contribution in [0, 0.1) is 17.2 Å². The summed E-state index contributed by atoms with van der Waals surface area (Å²) in [7, 11) is 0. The molecule has 0 N–H and O–H groups in total. The largest absolute Gasteiger partial charge is 0.297 e. The minimum absolute atomic E-state index is 0.243. The van der Waals surface area contributed by atoms with Crippen LogP contribution in [-0.2, 0) is 5.41 Å². The quantitative estimate of drug-likeness (QED) is 0.352. The summed E-state index contributed by atoms with van der Waals surface area (Å²) in [6, 6.07) is 19.9. The Morgan fingerprint density at radius 2 is 1.71 bits per heavy atom. The Bertz CT molecular complexity index is 798. The summed E-state index contributed by atoms with van der Waals surface area (Å²) < 4.78 is 2.01. The molecule has 0 saturated heterocycles. The molecule has 150 valence electrons. The van der Waals surface area contributed by atoms with Gasteiger partial charge in [0, 0.05) is 15.0 Å². The Kier molecular flexibility index (Phi) is 8.74. The number of hydrogen-bond acceptors (Lipinski definition) is 2. The van der Waals surface area contributed by atoms with Crippen molar-refractivity contribution in [3.8, 4) is 6.07 Å². The molecule has 2 atom stereocenters. The molecule has 0 saturated carbocycles. The van der Waals surface area contributed by atoms with E-state index in [0.717, 1.165) is 40.4 Å². The summed E-state index contributed by atoms with van der Waals surface area (Å²) in [4.78, 5) is 2.50. The van der Waals surface area contributed by atoms with Gasteiger partial charge in [-0.3, -0.25) is 4.90 Å². The Morgan fingerprint density at radius 3 is 2.25 bits per heavy atom. The number of nitrogens with zero attached hydrogens (tertiary/aromatic N) is 2. The van der Waals surface area contributed by atoms with Crippen LogP contribution in [0.1, 0.15) is 57.7 Å². The van der Waals surface area contributed by atoms with Crippen molar-refractivity contribution in [3.63, 3.8) is 0 Å².